The molecule has 3 heterocycles. The molecule has 0 saturated carbocycles. The van der Waals surface area contributed by atoms with Gasteiger partial charge in [0.15, 0.2) is 17.3 Å². The Morgan fingerprint density at radius 1 is 1.06 bits per heavy atom. The van der Waals surface area contributed by atoms with Crippen molar-refractivity contribution in [2.24, 2.45) is 7.05 Å². The summed E-state index contributed by atoms with van der Waals surface area (Å²) in [6.07, 6.45) is 0.852. The van der Waals surface area contributed by atoms with Gasteiger partial charge in [0.1, 0.15) is 0 Å². The Kier molecular flexibility index (Phi) is 6.20. The summed E-state index contributed by atoms with van der Waals surface area (Å²) in [6.45, 7) is 3.99. The highest BCUT2D eigenvalue weighted by Crippen LogP contribution is 2.31. The number of H-pyrrole nitrogens is 1. The molecular formula is C27H27N7O2. The van der Waals surface area contributed by atoms with Crippen LogP contribution in [0.4, 0.5) is 5.69 Å². The van der Waals surface area contributed by atoms with Gasteiger partial charge in [0, 0.05) is 30.3 Å². The number of ether oxygens (including phenoxy) is 1. The number of methoxy groups -OCH3 is 1. The van der Waals surface area contributed by atoms with E-state index in [0.29, 0.717) is 36.1 Å². The molecule has 0 unspecified atom stereocenters. The SMILES string of the molecule is COc1nn(C)c2nc(C)c(CCC(=O)Nc3ccccc3-c3nc(-c4ccccc4)n[nH]3)c(C)c12. The van der Waals surface area contributed by atoms with Crippen LogP contribution in [0.3, 0.4) is 0 Å². The Hall–Kier alpha value is -4.53. The summed E-state index contributed by atoms with van der Waals surface area (Å²) in [6, 6.07) is 17.3. The number of para-hydroxylation sites is 1. The van der Waals surface area contributed by atoms with Crippen molar-refractivity contribution in [3.05, 3.63) is 71.4 Å². The fourth-order valence-corrected chi connectivity index (χ4v) is 4.46. The number of carbonyl (C=O) groups excluding carboxylic acids is 1. The van der Waals surface area contributed by atoms with Crippen molar-refractivity contribution in [2.45, 2.75) is 26.7 Å². The Labute approximate surface area is 208 Å². The molecule has 182 valence electrons. The van der Waals surface area contributed by atoms with Gasteiger partial charge in [-0.2, -0.15) is 5.10 Å². The molecule has 0 saturated heterocycles. The van der Waals surface area contributed by atoms with Gasteiger partial charge in [0.25, 0.3) is 0 Å². The molecule has 2 aromatic carbocycles. The zero-order valence-electron chi connectivity index (χ0n) is 20.7. The zero-order chi connectivity index (χ0) is 25.2. The number of aryl methyl sites for hydroxylation is 3. The summed E-state index contributed by atoms with van der Waals surface area (Å²) in [5.74, 6) is 1.64. The number of carbonyl (C=O) groups is 1. The Bertz CT molecular complexity index is 1550. The van der Waals surface area contributed by atoms with Crippen LogP contribution in [0.25, 0.3) is 33.8 Å². The molecule has 36 heavy (non-hydrogen) atoms. The van der Waals surface area contributed by atoms with E-state index >= 15 is 0 Å². The molecule has 0 fully saturated rings. The molecule has 9 nitrogen and oxygen atoms in total. The highest BCUT2D eigenvalue weighted by atomic mass is 16.5. The molecular weight excluding hydrogens is 454 g/mol. The Balaban J connectivity index is 1.35. The lowest BCUT2D eigenvalue weighted by Crippen LogP contribution is -2.14. The molecule has 0 aliphatic rings. The number of nitrogens with zero attached hydrogens (tertiary/aromatic N) is 5. The summed E-state index contributed by atoms with van der Waals surface area (Å²) in [5.41, 5.74) is 6.08. The minimum atomic E-state index is -0.0951. The monoisotopic (exact) mass is 481 g/mol. The number of hydrogen-bond acceptors (Lipinski definition) is 6. The predicted octanol–water partition coefficient (Wildman–Crippen LogP) is 4.62. The van der Waals surface area contributed by atoms with Crippen LogP contribution in [0, 0.1) is 13.8 Å². The van der Waals surface area contributed by atoms with Crippen LogP contribution in [0.15, 0.2) is 54.6 Å². The van der Waals surface area contributed by atoms with Crippen molar-refractivity contribution in [1.82, 2.24) is 29.9 Å². The quantitative estimate of drug-likeness (QED) is 0.351. The molecule has 0 radical (unpaired) electrons. The first kappa shape index (κ1) is 23.2. The third-order valence-corrected chi connectivity index (χ3v) is 6.29. The molecule has 0 aliphatic carbocycles. The normalized spacial score (nSPS) is 11.1. The number of rotatable bonds is 7. The molecule has 1 amide bonds. The minimum absolute atomic E-state index is 0.0951. The van der Waals surface area contributed by atoms with Crippen LogP contribution in [0.1, 0.15) is 23.2 Å². The maximum absolute atomic E-state index is 13.0. The first-order chi connectivity index (χ1) is 17.5. The van der Waals surface area contributed by atoms with Gasteiger partial charge in [0.2, 0.25) is 11.8 Å². The van der Waals surface area contributed by atoms with E-state index < -0.39 is 0 Å². The van der Waals surface area contributed by atoms with Crippen LogP contribution in [0.2, 0.25) is 0 Å². The summed E-state index contributed by atoms with van der Waals surface area (Å²) in [5, 5.41) is 15.7. The van der Waals surface area contributed by atoms with E-state index in [-0.39, 0.29) is 5.91 Å². The zero-order valence-corrected chi connectivity index (χ0v) is 20.7. The number of pyridine rings is 1. The Morgan fingerprint density at radius 2 is 1.81 bits per heavy atom. The molecule has 0 aliphatic heterocycles. The molecule has 2 N–H and O–H groups in total. The van der Waals surface area contributed by atoms with Gasteiger partial charge in [-0.3, -0.25) is 9.89 Å². The standard InChI is InChI=1S/C27H27N7O2/c1-16-19(17(2)28-26-23(16)27(36-4)33-34(26)3)14-15-22(35)29-21-13-9-8-12-20(21)25-30-24(31-32-25)18-10-6-5-7-11-18/h5-13H,14-15H2,1-4H3,(H,29,35)(H,30,31,32). The van der Waals surface area contributed by atoms with Crippen LogP contribution in [0.5, 0.6) is 5.88 Å². The number of aromatic amines is 1. The highest BCUT2D eigenvalue weighted by Gasteiger charge is 2.19. The van der Waals surface area contributed by atoms with E-state index in [2.05, 4.69) is 25.6 Å². The number of anilines is 1. The van der Waals surface area contributed by atoms with Crippen molar-refractivity contribution in [1.29, 1.82) is 0 Å². The third kappa shape index (κ3) is 4.31. The van der Waals surface area contributed by atoms with Gasteiger partial charge < -0.3 is 10.1 Å². The second-order valence-electron chi connectivity index (χ2n) is 8.60. The average Bonchev–Trinajstić information content (AvgIpc) is 3.50. The number of benzene rings is 2. The fourth-order valence-electron chi connectivity index (χ4n) is 4.46. The fraction of sp³-hybridized carbons (Fsp3) is 0.222. The molecule has 0 atom stereocenters. The first-order valence-corrected chi connectivity index (χ1v) is 11.7. The van der Waals surface area contributed by atoms with Crippen LogP contribution >= 0.6 is 0 Å². The summed E-state index contributed by atoms with van der Waals surface area (Å²) in [7, 11) is 3.45. The lowest BCUT2D eigenvalue weighted by molar-refractivity contribution is -0.116. The molecule has 5 rings (SSSR count). The van der Waals surface area contributed by atoms with Crippen molar-refractivity contribution in [3.8, 4) is 28.7 Å². The van der Waals surface area contributed by atoms with E-state index in [1.165, 1.54) is 0 Å². The third-order valence-electron chi connectivity index (χ3n) is 6.29. The molecule has 0 bridgehead atoms. The van der Waals surface area contributed by atoms with Crippen molar-refractivity contribution in [2.75, 3.05) is 12.4 Å². The number of fused-ring (bicyclic) bond motifs is 1. The van der Waals surface area contributed by atoms with E-state index in [1.807, 2.05) is 75.5 Å². The number of hydrogen-bond donors (Lipinski definition) is 2. The van der Waals surface area contributed by atoms with E-state index in [9.17, 15) is 4.79 Å². The number of aromatic nitrogens is 6. The second kappa shape index (κ2) is 9.61. The minimum Gasteiger partial charge on any atom is -0.479 e. The lowest BCUT2D eigenvalue weighted by atomic mass is 10.00. The van der Waals surface area contributed by atoms with Crippen LogP contribution in [-0.2, 0) is 18.3 Å². The molecule has 9 heteroatoms. The van der Waals surface area contributed by atoms with Gasteiger partial charge in [-0.05, 0) is 43.5 Å². The summed E-state index contributed by atoms with van der Waals surface area (Å²) >= 11 is 0. The van der Waals surface area contributed by atoms with Gasteiger partial charge in [-0.1, -0.05) is 42.5 Å². The van der Waals surface area contributed by atoms with Gasteiger partial charge in [-0.15, -0.1) is 5.10 Å². The topological polar surface area (TPSA) is 111 Å². The highest BCUT2D eigenvalue weighted by molar-refractivity contribution is 5.95. The number of nitrogens with one attached hydrogen (secondary N) is 2. The van der Waals surface area contributed by atoms with E-state index in [4.69, 9.17) is 9.72 Å². The molecule has 5 aromatic rings. The van der Waals surface area contributed by atoms with Crippen LogP contribution < -0.4 is 10.1 Å². The van der Waals surface area contributed by atoms with Gasteiger partial charge in [-0.25, -0.2) is 14.6 Å². The van der Waals surface area contributed by atoms with E-state index in [0.717, 1.165) is 39.0 Å². The first-order valence-electron chi connectivity index (χ1n) is 11.7. The maximum atomic E-state index is 13.0. The maximum Gasteiger partial charge on any atom is 0.242 e. The molecule has 3 aromatic heterocycles. The Morgan fingerprint density at radius 3 is 2.58 bits per heavy atom. The average molecular weight is 482 g/mol. The smallest absolute Gasteiger partial charge is 0.242 e. The van der Waals surface area contributed by atoms with Crippen molar-refractivity contribution >= 4 is 22.6 Å². The van der Waals surface area contributed by atoms with Crippen LogP contribution in [-0.4, -0.2) is 43.0 Å². The predicted molar refractivity (Wildman–Crippen MR) is 139 cm³/mol. The summed E-state index contributed by atoms with van der Waals surface area (Å²) in [4.78, 5) is 22.3. The second-order valence-corrected chi connectivity index (χ2v) is 8.60. The lowest BCUT2D eigenvalue weighted by Gasteiger charge is -2.12. The van der Waals surface area contributed by atoms with Crippen molar-refractivity contribution in [3.63, 3.8) is 0 Å². The largest absolute Gasteiger partial charge is 0.479 e. The van der Waals surface area contributed by atoms with E-state index in [1.54, 1.807) is 11.8 Å². The number of amides is 1. The molecule has 0 spiro atoms. The van der Waals surface area contributed by atoms with Gasteiger partial charge >= 0.3 is 0 Å². The van der Waals surface area contributed by atoms with Gasteiger partial charge in [0.05, 0.1) is 18.2 Å². The summed E-state index contributed by atoms with van der Waals surface area (Å²) < 4.78 is 7.17. The van der Waals surface area contributed by atoms with Crippen molar-refractivity contribution < 1.29 is 9.53 Å².